The quantitative estimate of drug-likeness (QED) is 0.584. The van der Waals surface area contributed by atoms with Crippen LogP contribution in [0.15, 0.2) is 0 Å². The molecule has 92 valence electrons. The van der Waals surface area contributed by atoms with Crippen molar-refractivity contribution >= 4 is 0 Å². The lowest BCUT2D eigenvalue weighted by Gasteiger charge is -2.20. The predicted octanol–water partition coefficient (Wildman–Crippen LogP) is 1.26. The molecule has 0 spiro atoms. The van der Waals surface area contributed by atoms with E-state index in [2.05, 4.69) is 50.0 Å². The van der Waals surface area contributed by atoms with E-state index in [9.17, 15) is 0 Å². The fraction of sp³-hybridized carbons (Fsp3) is 1.00. The van der Waals surface area contributed by atoms with Gasteiger partial charge in [0.25, 0.3) is 0 Å². The molecule has 1 unspecified atom stereocenters. The second-order valence-corrected chi connectivity index (χ2v) is 4.50. The van der Waals surface area contributed by atoms with E-state index >= 15 is 0 Å². The minimum absolute atomic E-state index is 0.594. The third-order valence-corrected chi connectivity index (χ3v) is 2.68. The lowest BCUT2D eigenvalue weighted by molar-refractivity contribution is 0.291. The maximum Gasteiger partial charge on any atom is 0.0166 e. The molecule has 3 heteroatoms. The predicted molar refractivity (Wildman–Crippen MR) is 68.4 cm³/mol. The topological polar surface area (TPSA) is 18.5 Å². The van der Waals surface area contributed by atoms with Crippen LogP contribution >= 0.6 is 0 Å². The summed E-state index contributed by atoms with van der Waals surface area (Å²) in [4.78, 5) is 4.69. The van der Waals surface area contributed by atoms with E-state index < -0.39 is 0 Å². The summed E-state index contributed by atoms with van der Waals surface area (Å²) < 4.78 is 0. The molecule has 15 heavy (non-hydrogen) atoms. The molecule has 0 aromatic heterocycles. The monoisotopic (exact) mass is 215 g/mol. The van der Waals surface area contributed by atoms with Crippen molar-refractivity contribution in [1.29, 1.82) is 0 Å². The molecule has 0 fully saturated rings. The van der Waals surface area contributed by atoms with Crippen LogP contribution in [0.3, 0.4) is 0 Å². The molecule has 0 heterocycles. The summed E-state index contributed by atoms with van der Waals surface area (Å²) in [7, 11) is 4.24. The number of likely N-dealkylation sites (N-methyl/N-ethyl adjacent to an activating group) is 1. The van der Waals surface area contributed by atoms with Crippen LogP contribution in [0.1, 0.15) is 27.2 Å². The molecule has 0 rings (SSSR count). The number of hydrogen-bond donors (Lipinski definition) is 1. The second-order valence-electron chi connectivity index (χ2n) is 4.50. The number of nitrogens with zero attached hydrogens (tertiary/aromatic N) is 2. The summed E-state index contributed by atoms with van der Waals surface area (Å²) >= 11 is 0. The van der Waals surface area contributed by atoms with Crippen molar-refractivity contribution in [2.24, 2.45) is 0 Å². The van der Waals surface area contributed by atoms with Crippen molar-refractivity contribution < 1.29 is 0 Å². The summed E-state index contributed by atoms with van der Waals surface area (Å²) in [5.74, 6) is 0. The van der Waals surface area contributed by atoms with Gasteiger partial charge in [0.05, 0.1) is 0 Å². The minimum atomic E-state index is 0.594. The molecule has 0 radical (unpaired) electrons. The van der Waals surface area contributed by atoms with Crippen molar-refractivity contribution in [3.8, 4) is 0 Å². The summed E-state index contributed by atoms with van der Waals surface area (Å²) in [6.45, 7) is 12.5. The number of nitrogens with one attached hydrogen (secondary N) is 1. The van der Waals surface area contributed by atoms with E-state index in [-0.39, 0.29) is 0 Å². The third-order valence-electron chi connectivity index (χ3n) is 2.68. The first-order chi connectivity index (χ1) is 7.10. The zero-order valence-electron chi connectivity index (χ0n) is 11.2. The Labute approximate surface area is 95.8 Å². The highest BCUT2D eigenvalue weighted by Crippen LogP contribution is 1.91. The van der Waals surface area contributed by atoms with Gasteiger partial charge in [0.2, 0.25) is 0 Å². The molecule has 0 aliphatic carbocycles. The molecule has 1 N–H and O–H groups in total. The highest BCUT2D eigenvalue weighted by molar-refractivity contribution is 4.64. The molecule has 0 amide bonds. The van der Waals surface area contributed by atoms with Crippen LogP contribution in [0.5, 0.6) is 0 Å². The molecule has 0 saturated heterocycles. The van der Waals surface area contributed by atoms with Crippen molar-refractivity contribution in [2.45, 2.75) is 33.2 Å². The Bertz CT molecular complexity index is 133. The van der Waals surface area contributed by atoms with Crippen molar-refractivity contribution in [1.82, 2.24) is 15.1 Å². The Hall–Kier alpha value is -0.120. The number of hydrogen-bond acceptors (Lipinski definition) is 3. The molecule has 3 nitrogen and oxygen atoms in total. The Morgan fingerprint density at radius 1 is 1.13 bits per heavy atom. The fourth-order valence-corrected chi connectivity index (χ4v) is 1.80. The second kappa shape index (κ2) is 9.13. The maximum absolute atomic E-state index is 3.55. The lowest BCUT2D eigenvalue weighted by Crippen LogP contribution is -2.37. The Kier molecular flexibility index (Phi) is 9.06. The first-order valence-electron chi connectivity index (χ1n) is 6.20. The molecule has 0 saturated carbocycles. The van der Waals surface area contributed by atoms with E-state index in [0.717, 1.165) is 13.1 Å². The van der Waals surface area contributed by atoms with Crippen LogP contribution in [0.4, 0.5) is 0 Å². The largest absolute Gasteiger partial charge is 0.313 e. The van der Waals surface area contributed by atoms with Crippen LogP contribution in [0, 0.1) is 0 Å². The zero-order chi connectivity index (χ0) is 11.7. The van der Waals surface area contributed by atoms with Crippen molar-refractivity contribution in [3.05, 3.63) is 0 Å². The molecule has 0 aromatic rings. The average molecular weight is 215 g/mol. The molecule has 1 atom stereocenters. The fourth-order valence-electron chi connectivity index (χ4n) is 1.80. The highest BCUT2D eigenvalue weighted by atomic mass is 15.1. The normalized spacial score (nSPS) is 13.8. The van der Waals surface area contributed by atoms with Crippen LogP contribution < -0.4 is 5.32 Å². The van der Waals surface area contributed by atoms with Gasteiger partial charge in [-0.2, -0.15) is 0 Å². The van der Waals surface area contributed by atoms with Gasteiger partial charge in [-0.25, -0.2) is 0 Å². The van der Waals surface area contributed by atoms with Gasteiger partial charge in [-0.1, -0.05) is 13.8 Å². The lowest BCUT2D eigenvalue weighted by atomic mass is 10.3. The van der Waals surface area contributed by atoms with E-state index in [4.69, 9.17) is 0 Å². The van der Waals surface area contributed by atoms with Crippen LogP contribution in [-0.4, -0.2) is 62.7 Å². The van der Waals surface area contributed by atoms with E-state index in [0.29, 0.717) is 6.04 Å². The van der Waals surface area contributed by atoms with Gasteiger partial charge in [-0.15, -0.1) is 0 Å². The summed E-state index contributed by atoms with van der Waals surface area (Å²) in [5, 5.41) is 3.55. The van der Waals surface area contributed by atoms with Crippen molar-refractivity contribution in [3.63, 3.8) is 0 Å². The zero-order valence-corrected chi connectivity index (χ0v) is 11.2. The van der Waals surface area contributed by atoms with Gasteiger partial charge in [-0.3, -0.25) is 0 Å². The molecular formula is C12H29N3. The Morgan fingerprint density at radius 3 is 2.20 bits per heavy atom. The molecule has 0 aliphatic heterocycles. The van der Waals surface area contributed by atoms with Gasteiger partial charge < -0.3 is 15.1 Å². The Morgan fingerprint density at radius 2 is 1.73 bits per heavy atom. The van der Waals surface area contributed by atoms with Crippen LogP contribution in [0.25, 0.3) is 0 Å². The molecule has 0 bridgehead atoms. The molecular weight excluding hydrogens is 186 g/mol. The number of rotatable bonds is 9. The molecule has 0 aromatic carbocycles. The SMILES string of the molecule is CCN(CC)CCCNC(C)CN(C)C. The summed E-state index contributed by atoms with van der Waals surface area (Å²) in [6.07, 6.45) is 1.25. The first-order valence-corrected chi connectivity index (χ1v) is 6.20. The summed E-state index contributed by atoms with van der Waals surface area (Å²) in [5.41, 5.74) is 0. The standard InChI is InChI=1S/C12H29N3/c1-6-15(7-2)10-8-9-13-12(3)11-14(4)5/h12-13H,6-11H2,1-5H3. The highest BCUT2D eigenvalue weighted by Gasteiger charge is 2.02. The molecule has 0 aliphatic rings. The minimum Gasteiger partial charge on any atom is -0.313 e. The van der Waals surface area contributed by atoms with Gasteiger partial charge in [0, 0.05) is 12.6 Å². The van der Waals surface area contributed by atoms with Gasteiger partial charge in [0.1, 0.15) is 0 Å². The van der Waals surface area contributed by atoms with E-state index in [1.165, 1.54) is 26.1 Å². The van der Waals surface area contributed by atoms with Gasteiger partial charge in [0.15, 0.2) is 0 Å². The average Bonchev–Trinajstić information content (AvgIpc) is 2.17. The smallest absolute Gasteiger partial charge is 0.0166 e. The van der Waals surface area contributed by atoms with Crippen LogP contribution in [-0.2, 0) is 0 Å². The van der Waals surface area contributed by atoms with Crippen molar-refractivity contribution in [2.75, 3.05) is 46.8 Å². The van der Waals surface area contributed by atoms with Gasteiger partial charge in [-0.05, 0) is 53.6 Å². The third kappa shape index (κ3) is 8.85. The van der Waals surface area contributed by atoms with Crippen LogP contribution in [0.2, 0.25) is 0 Å². The summed E-state index contributed by atoms with van der Waals surface area (Å²) in [6, 6.07) is 0.594. The van der Waals surface area contributed by atoms with Gasteiger partial charge >= 0.3 is 0 Å². The van der Waals surface area contributed by atoms with E-state index in [1.807, 2.05) is 0 Å². The first kappa shape index (κ1) is 14.9. The Balaban J connectivity index is 3.37. The maximum atomic E-state index is 3.55. The van der Waals surface area contributed by atoms with E-state index in [1.54, 1.807) is 0 Å².